The Labute approximate surface area is 163 Å². The van der Waals surface area contributed by atoms with Crippen molar-refractivity contribution < 1.29 is 24.2 Å². The third-order valence-electron chi connectivity index (χ3n) is 3.83. The van der Waals surface area contributed by atoms with Crippen LogP contribution in [0.25, 0.3) is 0 Å². The summed E-state index contributed by atoms with van der Waals surface area (Å²) in [6, 6.07) is 13.0. The van der Waals surface area contributed by atoms with Gasteiger partial charge in [-0.15, -0.1) is 0 Å². The molecule has 0 radical (unpaired) electrons. The molecule has 2 aromatic rings. The molecule has 0 heterocycles. The summed E-state index contributed by atoms with van der Waals surface area (Å²) in [7, 11) is 1.51. The van der Waals surface area contributed by atoms with Crippen molar-refractivity contribution in [2.75, 3.05) is 30.8 Å². The van der Waals surface area contributed by atoms with Gasteiger partial charge in [0.05, 0.1) is 13.0 Å². The van der Waals surface area contributed by atoms with E-state index in [2.05, 4.69) is 10.6 Å². The van der Waals surface area contributed by atoms with Gasteiger partial charge < -0.3 is 25.4 Å². The summed E-state index contributed by atoms with van der Waals surface area (Å²) in [6.07, 6.45) is -0.130. The lowest BCUT2D eigenvalue weighted by Crippen LogP contribution is -2.33. The third-order valence-corrected chi connectivity index (χ3v) is 3.83. The van der Waals surface area contributed by atoms with Crippen molar-refractivity contribution in [3.05, 3.63) is 54.1 Å². The van der Waals surface area contributed by atoms with Crippen molar-refractivity contribution in [3.8, 4) is 5.75 Å². The number of urea groups is 1. The second-order valence-electron chi connectivity index (χ2n) is 5.98. The summed E-state index contributed by atoms with van der Waals surface area (Å²) >= 11 is 0. The van der Waals surface area contributed by atoms with Crippen molar-refractivity contribution >= 4 is 29.3 Å². The van der Waals surface area contributed by atoms with Crippen molar-refractivity contribution in [3.63, 3.8) is 0 Å². The van der Waals surface area contributed by atoms with E-state index in [-0.39, 0.29) is 18.9 Å². The van der Waals surface area contributed by atoms with E-state index in [1.807, 2.05) is 6.92 Å². The molecule has 2 aromatic carbocycles. The number of ether oxygens (including phenoxy) is 1. The molecule has 0 fully saturated rings. The molecule has 0 saturated carbocycles. The monoisotopic (exact) mass is 385 g/mol. The molecule has 8 nitrogen and oxygen atoms in total. The van der Waals surface area contributed by atoms with E-state index in [4.69, 9.17) is 9.84 Å². The number of carbonyl (C=O) groups is 3. The van der Waals surface area contributed by atoms with E-state index in [1.54, 1.807) is 48.5 Å². The fourth-order valence-electron chi connectivity index (χ4n) is 2.29. The summed E-state index contributed by atoms with van der Waals surface area (Å²) in [5, 5.41) is 14.1. The molecule has 3 N–H and O–H groups in total. The highest BCUT2D eigenvalue weighted by atomic mass is 16.5. The summed E-state index contributed by atoms with van der Waals surface area (Å²) in [6.45, 7) is 2.57. The number of hydrogen-bond acceptors (Lipinski definition) is 4. The van der Waals surface area contributed by atoms with Gasteiger partial charge >= 0.3 is 12.0 Å². The second kappa shape index (κ2) is 9.96. The zero-order valence-electron chi connectivity index (χ0n) is 15.8. The van der Waals surface area contributed by atoms with E-state index < -0.39 is 12.0 Å². The Hall–Kier alpha value is -3.55. The van der Waals surface area contributed by atoms with Gasteiger partial charge in [0.15, 0.2) is 0 Å². The topological polar surface area (TPSA) is 108 Å². The molecule has 148 valence electrons. The second-order valence-corrected chi connectivity index (χ2v) is 5.98. The molecule has 2 rings (SSSR count). The van der Waals surface area contributed by atoms with Crippen LogP contribution in [-0.4, -0.2) is 48.1 Å². The Bertz CT molecular complexity index is 819. The number of nitrogens with one attached hydrogen (secondary N) is 2. The van der Waals surface area contributed by atoms with Crippen LogP contribution in [0, 0.1) is 0 Å². The Balaban J connectivity index is 1.91. The first-order chi connectivity index (χ1) is 13.4. The highest BCUT2D eigenvalue weighted by molar-refractivity contribution is 6.04. The Morgan fingerprint density at radius 1 is 0.964 bits per heavy atom. The van der Waals surface area contributed by atoms with E-state index >= 15 is 0 Å². The highest BCUT2D eigenvalue weighted by Gasteiger charge is 2.11. The summed E-state index contributed by atoms with van der Waals surface area (Å²) < 4.78 is 5.36. The number of carboxylic acids is 1. The number of anilines is 2. The minimum absolute atomic E-state index is 0.101. The average Bonchev–Trinajstić information content (AvgIpc) is 2.68. The molecule has 0 bridgehead atoms. The first-order valence-electron chi connectivity index (χ1n) is 8.77. The van der Waals surface area contributed by atoms with Crippen LogP contribution in [0.1, 0.15) is 23.7 Å². The van der Waals surface area contributed by atoms with Crippen molar-refractivity contribution in [1.29, 1.82) is 0 Å². The lowest BCUT2D eigenvalue weighted by molar-refractivity contribution is -0.137. The number of carbonyl (C=O) groups excluding carboxylic acids is 2. The van der Waals surface area contributed by atoms with Crippen LogP contribution in [0.4, 0.5) is 16.2 Å². The van der Waals surface area contributed by atoms with Crippen LogP contribution in [0.15, 0.2) is 48.5 Å². The van der Waals surface area contributed by atoms with Crippen molar-refractivity contribution in [2.24, 2.45) is 0 Å². The zero-order valence-corrected chi connectivity index (χ0v) is 15.8. The number of hydrogen-bond donors (Lipinski definition) is 3. The SMILES string of the molecule is CCOc1ccc(NC(=O)c2ccc(NC(=O)N(C)CCC(=O)O)cc2)cc1. The van der Waals surface area contributed by atoms with Gasteiger partial charge in [-0.2, -0.15) is 0 Å². The van der Waals surface area contributed by atoms with Crippen LogP contribution in [-0.2, 0) is 4.79 Å². The summed E-state index contributed by atoms with van der Waals surface area (Å²) in [5.41, 5.74) is 1.58. The minimum Gasteiger partial charge on any atom is -0.494 e. The van der Waals surface area contributed by atoms with E-state index in [0.29, 0.717) is 23.5 Å². The largest absolute Gasteiger partial charge is 0.494 e. The molecule has 8 heteroatoms. The van der Waals surface area contributed by atoms with E-state index in [0.717, 1.165) is 5.75 Å². The first-order valence-corrected chi connectivity index (χ1v) is 8.77. The van der Waals surface area contributed by atoms with E-state index in [9.17, 15) is 14.4 Å². The number of aliphatic carboxylic acids is 1. The third kappa shape index (κ3) is 6.31. The number of nitrogens with zero attached hydrogens (tertiary/aromatic N) is 1. The van der Waals surface area contributed by atoms with Crippen molar-refractivity contribution in [1.82, 2.24) is 4.90 Å². The van der Waals surface area contributed by atoms with E-state index in [1.165, 1.54) is 11.9 Å². The lowest BCUT2D eigenvalue weighted by Gasteiger charge is -2.17. The van der Waals surface area contributed by atoms with Gasteiger partial charge in [-0.3, -0.25) is 9.59 Å². The smallest absolute Gasteiger partial charge is 0.321 e. The molecule has 28 heavy (non-hydrogen) atoms. The number of amides is 3. The summed E-state index contributed by atoms with van der Waals surface area (Å²) in [5.74, 6) is -0.517. The maximum absolute atomic E-state index is 12.3. The maximum Gasteiger partial charge on any atom is 0.321 e. The molecule has 0 aliphatic heterocycles. The standard InChI is InChI=1S/C20H23N3O5/c1-3-28-17-10-8-15(9-11-17)21-19(26)14-4-6-16(7-5-14)22-20(27)23(2)13-12-18(24)25/h4-11H,3,12-13H2,1-2H3,(H,21,26)(H,22,27)(H,24,25). The van der Waals surface area contributed by atoms with Crippen LogP contribution in [0.2, 0.25) is 0 Å². The minimum atomic E-state index is -0.970. The molecule has 0 saturated heterocycles. The fourth-order valence-corrected chi connectivity index (χ4v) is 2.29. The van der Waals surface area contributed by atoms with Gasteiger partial charge in [0.25, 0.3) is 5.91 Å². The molecule has 3 amide bonds. The molecule has 0 atom stereocenters. The molecule has 0 unspecified atom stereocenters. The van der Waals surface area contributed by atoms with Gasteiger partial charge in [0, 0.05) is 30.5 Å². The maximum atomic E-state index is 12.3. The first kappa shape index (κ1) is 20.8. The van der Waals surface area contributed by atoms with Crippen LogP contribution in [0.3, 0.4) is 0 Å². The highest BCUT2D eigenvalue weighted by Crippen LogP contribution is 2.17. The van der Waals surface area contributed by atoms with Crippen LogP contribution in [0.5, 0.6) is 5.75 Å². The molecule has 0 aliphatic rings. The normalized spacial score (nSPS) is 10.1. The zero-order chi connectivity index (χ0) is 20.5. The Kier molecular flexibility index (Phi) is 7.38. The number of rotatable bonds is 8. The van der Waals surface area contributed by atoms with Gasteiger partial charge in [-0.05, 0) is 55.5 Å². The quantitative estimate of drug-likeness (QED) is 0.646. The Morgan fingerprint density at radius 3 is 2.11 bits per heavy atom. The van der Waals surface area contributed by atoms with Crippen LogP contribution < -0.4 is 15.4 Å². The lowest BCUT2D eigenvalue weighted by atomic mass is 10.2. The predicted octanol–water partition coefficient (Wildman–Crippen LogP) is 3.28. The molecule has 0 aromatic heterocycles. The van der Waals surface area contributed by atoms with Gasteiger partial charge in [-0.25, -0.2) is 4.79 Å². The Morgan fingerprint density at radius 2 is 1.54 bits per heavy atom. The van der Waals surface area contributed by atoms with Gasteiger partial charge in [0.2, 0.25) is 0 Å². The van der Waals surface area contributed by atoms with Gasteiger partial charge in [-0.1, -0.05) is 0 Å². The van der Waals surface area contributed by atoms with Crippen LogP contribution >= 0.6 is 0 Å². The number of carboxylic acid groups (broad SMARTS) is 1. The fraction of sp³-hybridized carbons (Fsp3) is 0.250. The number of benzene rings is 2. The molecule has 0 aliphatic carbocycles. The molecule has 0 spiro atoms. The predicted molar refractivity (Wildman–Crippen MR) is 106 cm³/mol. The average molecular weight is 385 g/mol. The van der Waals surface area contributed by atoms with Crippen molar-refractivity contribution in [2.45, 2.75) is 13.3 Å². The summed E-state index contributed by atoms with van der Waals surface area (Å²) in [4.78, 5) is 36.2. The van der Waals surface area contributed by atoms with Gasteiger partial charge in [0.1, 0.15) is 5.75 Å². The molecular formula is C20H23N3O5. The molecular weight excluding hydrogens is 362 g/mol.